The highest BCUT2D eigenvalue weighted by atomic mass is 35.5. The second-order valence-electron chi connectivity index (χ2n) is 5.86. The van der Waals surface area contributed by atoms with Crippen LogP contribution in [0.4, 0.5) is 0 Å². The van der Waals surface area contributed by atoms with Crippen LogP contribution in [0.5, 0.6) is 0 Å². The Balaban J connectivity index is 1.99. The number of halogens is 1. The molecule has 0 fully saturated rings. The maximum Gasteiger partial charge on any atom is 0.328 e. The number of H-pyrrole nitrogens is 1. The van der Waals surface area contributed by atoms with E-state index in [4.69, 9.17) is 16.7 Å². The molecule has 1 aliphatic heterocycles. The average Bonchev–Trinajstić information content (AvgIpc) is 2.71. The van der Waals surface area contributed by atoms with E-state index in [1.807, 2.05) is 49.4 Å². The lowest BCUT2D eigenvalue weighted by molar-refractivity contribution is -0.131. The number of hydrogen-bond donors (Lipinski definition) is 2. The number of carboxylic acid groups (broad SMARTS) is 1. The van der Waals surface area contributed by atoms with Crippen LogP contribution in [0.1, 0.15) is 22.3 Å². The van der Waals surface area contributed by atoms with Crippen molar-refractivity contribution in [2.45, 2.75) is 13.3 Å². The number of hydrogen-bond acceptors (Lipinski definition) is 2. The Kier molecular flexibility index (Phi) is 4.72. The van der Waals surface area contributed by atoms with E-state index in [0.29, 0.717) is 21.8 Å². The summed E-state index contributed by atoms with van der Waals surface area (Å²) in [6.07, 6.45) is 3.03. The van der Waals surface area contributed by atoms with Crippen molar-refractivity contribution in [3.63, 3.8) is 0 Å². The fourth-order valence-corrected chi connectivity index (χ4v) is 3.01. The number of fused-ring (bicyclic) bond motifs is 1. The second kappa shape index (κ2) is 6.95. The molecule has 0 atom stereocenters. The van der Waals surface area contributed by atoms with Crippen molar-refractivity contribution in [2.75, 3.05) is 0 Å². The van der Waals surface area contributed by atoms with Gasteiger partial charge in [-0.1, -0.05) is 35.9 Å². The molecule has 1 aromatic carbocycles. The van der Waals surface area contributed by atoms with Gasteiger partial charge in [-0.15, -0.1) is 0 Å². The fraction of sp³-hybridized carbons (Fsp3) is 0.100. The molecule has 126 valence electrons. The molecule has 2 N–H and O–H groups in total. The van der Waals surface area contributed by atoms with Gasteiger partial charge in [0.25, 0.3) is 5.56 Å². The molecule has 1 aromatic rings. The number of nitrogens with one attached hydrogen (secondary N) is 1. The normalized spacial score (nSPS) is 11.3. The van der Waals surface area contributed by atoms with E-state index in [-0.39, 0.29) is 5.56 Å². The SMILES string of the molecule is Cc1cc(Cl)ccc1Cc1ccc2[nH]c(=O)c(C=CC(=O)O)c-2cc1. The number of aryl methyl sites for hydroxylation is 1. The minimum Gasteiger partial charge on any atom is -0.478 e. The number of rotatable bonds is 4. The van der Waals surface area contributed by atoms with Crippen LogP contribution in [0.25, 0.3) is 17.3 Å². The highest BCUT2D eigenvalue weighted by Crippen LogP contribution is 2.24. The predicted molar refractivity (Wildman–Crippen MR) is 99.3 cm³/mol. The van der Waals surface area contributed by atoms with Gasteiger partial charge in [-0.05, 0) is 54.3 Å². The van der Waals surface area contributed by atoms with Gasteiger partial charge in [0.2, 0.25) is 0 Å². The lowest BCUT2D eigenvalue weighted by Gasteiger charge is -2.05. The molecular weight excluding hydrogens is 338 g/mol. The maximum absolute atomic E-state index is 12.0. The van der Waals surface area contributed by atoms with Crippen molar-refractivity contribution in [3.8, 4) is 11.3 Å². The first-order valence-electron chi connectivity index (χ1n) is 7.75. The van der Waals surface area contributed by atoms with E-state index in [1.54, 1.807) is 0 Å². The van der Waals surface area contributed by atoms with Gasteiger partial charge < -0.3 is 10.1 Å². The van der Waals surface area contributed by atoms with Crippen molar-refractivity contribution >= 4 is 23.6 Å². The van der Waals surface area contributed by atoms with Gasteiger partial charge in [-0.3, -0.25) is 4.79 Å². The van der Waals surface area contributed by atoms with E-state index in [0.717, 1.165) is 23.6 Å². The van der Waals surface area contributed by atoms with Crippen LogP contribution in [0.3, 0.4) is 0 Å². The molecule has 1 heterocycles. The summed E-state index contributed by atoms with van der Waals surface area (Å²) >= 11 is 6.00. The summed E-state index contributed by atoms with van der Waals surface area (Å²) < 4.78 is 0. The summed E-state index contributed by atoms with van der Waals surface area (Å²) in [4.78, 5) is 25.5. The molecule has 0 aromatic heterocycles. The molecule has 0 unspecified atom stereocenters. The van der Waals surface area contributed by atoms with E-state index in [1.165, 1.54) is 11.6 Å². The fourth-order valence-electron chi connectivity index (χ4n) is 2.79. The Morgan fingerprint density at radius 2 is 1.96 bits per heavy atom. The molecule has 0 spiro atoms. The Hall–Kier alpha value is -2.85. The topological polar surface area (TPSA) is 70.2 Å². The van der Waals surface area contributed by atoms with Crippen LogP contribution in [0.15, 0.2) is 53.3 Å². The zero-order chi connectivity index (χ0) is 18.0. The summed E-state index contributed by atoms with van der Waals surface area (Å²) in [7, 11) is 0. The molecule has 0 amide bonds. The monoisotopic (exact) mass is 353 g/mol. The molecule has 2 aliphatic rings. The van der Waals surface area contributed by atoms with Crippen LogP contribution >= 0.6 is 11.6 Å². The van der Waals surface area contributed by atoms with Crippen molar-refractivity contribution in [3.05, 3.63) is 86.2 Å². The number of carbonyl (C=O) groups is 1. The predicted octanol–water partition coefficient (Wildman–Crippen LogP) is 4.13. The second-order valence-corrected chi connectivity index (χ2v) is 6.29. The maximum atomic E-state index is 12.0. The van der Waals surface area contributed by atoms with E-state index >= 15 is 0 Å². The summed E-state index contributed by atoms with van der Waals surface area (Å²) in [6, 6.07) is 13.4. The number of benzene rings is 1. The Morgan fingerprint density at radius 1 is 1.20 bits per heavy atom. The van der Waals surface area contributed by atoms with Gasteiger partial charge in [-0.25, -0.2) is 4.79 Å². The van der Waals surface area contributed by atoms with Crippen molar-refractivity contribution in [1.29, 1.82) is 0 Å². The van der Waals surface area contributed by atoms with Crippen molar-refractivity contribution in [1.82, 2.24) is 4.98 Å². The molecular formula is C20H16ClNO3. The lowest BCUT2D eigenvalue weighted by Crippen LogP contribution is -2.00. The Bertz CT molecular complexity index is 1000. The number of aliphatic carboxylic acids is 1. The molecule has 0 saturated carbocycles. The highest BCUT2D eigenvalue weighted by Gasteiger charge is 2.12. The van der Waals surface area contributed by atoms with Crippen molar-refractivity contribution in [2.24, 2.45) is 0 Å². The number of aromatic amines is 1. The van der Waals surface area contributed by atoms with Crippen molar-refractivity contribution < 1.29 is 9.90 Å². The standard InChI is InChI=1S/C20H16ClNO3/c1-12-10-15(21)5-4-14(12)11-13-2-6-16-17(7-9-19(23)24)20(25)22-18(16)8-3-13/h2-10H,11H2,1H3,(H,22,25)(H,23,24). The molecule has 25 heavy (non-hydrogen) atoms. The quantitative estimate of drug-likeness (QED) is 0.693. The third kappa shape index (κ3) is 3.80. The first kappa shape index (κ1) is 17.0. The zero-order valence-electron chi connectivity index (χ0n) is 13.5. The molecule has 0 bridgehead atoms. The molecule has 5 heteroatoms. The van der Waals surface area contributed by atoms with Crippen LogP contribution in [0, 0.1) is 6.92 Å². The molecule has 1 aliphatic carbocycles. The van der Waals surface area contributed by atoms with Crippen LogP contribution in [-0.4, -0.2) is 16.1 Å². The van der Waals surface area contributed by atoms with Gasteiger partial charge in [0.1, 0.15) is 0 Å². The summed E-state index contributed by atoms with van der Waals surface area (Å²) in [6.45, 7) is 2.02. The minimum absolute atomic E-state index is 0.297. The lowest BCUT2D eigenvalue weighted by atomic mass is 10.0. The van der Waals surface area contributed by atoms with Gasteiger partial charge in [0.15, 0.2) is 0 Å². The van der Waals surface area contributed by atoms with Gasteiger partial charge in [0, 0.05) is 27.9 Å². The third-order valence-electron chi connectivity index (χ3n) is 4.09. The average molecular weight is 354 g/mol. The van der Waals surface area contributed by atoms with E-state index in [2.05, 4.69) is 4.98 Å². The van der Waals surface area contributed by atoms with Gasteiger partial charge in [0.05, 0.1) is 0 Å². The van der Waals surface area contributed by atoms with Crippen LogP contribution in [-0.2, 0) is 11.2 Å². The molecule has 3 rings (SSSR count). The molecule has 0 saturated heterocycles. The minimum atomic E-state index is -1.09. The first-order chi connectivity index (χ1) is 11.9. The summed E-state index contributed by atoms with van der Waals surface area (Å²) in [5.74, 6) is -1.09. The largest absolute Gasteiger partial charge is 0.478 e. The zero-order valence-corrected chi connectivity index (χ0v) is 14.3. The number of aromatic nitrogens is 1. The summed E-state index contributed by atoms with van der Waals surface area (Å²) in [5, 5.41) is 9.48. The first-order valence-corrected chi connectivity index (χ1v) is 8.13. The molecule has 4 nitrogen and oxygen atoms in total. The molecule has 0 radical (unpaired) electrons. The van der Waals surface area contributed by atoms with Crippen LogP contribution in [0.2, 0.25) is 5.02 Å². The van der Waals surface area contributed by atoms with Gasteiger partial charge >= 0.3 is 5.97 Å². The van der Waals surface area contributed by atoms with Gasteiger partial charge in [-0.2, -0.15) is 0 Å². The number of carboxylic acids is 1. The Morgan fingerprint density at radius 3 is 2.68 bits per heavy atom. The van der Waals surface area contributed by atoms with E-state index < -0.39 is 5.97 Å². The van der Waals surface area contributed by atoms with Crippen LogP contribution < -0.4 is 5.56 Å². The van der Waals surface area contributed by atoms with E-state index in [9.17, 15) is 9.59 Å². The Labute approximate surface area is 149 Å². The highest BCUT2D eigenvalue weighted by molar-refractivity contribution is 6.30. The smallest absolute Gasteiger partial charge is 0.328 e. The summed E-state index contributed by atoms with van der Waals surface area (Å²) in [5.41, 5.74) is 4.80. The third-order valence-corrected chi connectivity index (χ3v) is 4.33.